The maximum Gasteiger partial charge on any atom is 0.298 e. The minimum absolute atomic E-state index is 0. The predicted octanol–water partition coefficient (Wildman–Crippen LogP) is 0.951. The van der Waals surface area contributed by atoms with Crippen LogP contribution in [-0.2, 0) is 9.89 Å². The van der Waals surface area contributed by atoms with Crippen LogP contribution in [0.25, 0.3) is 0 Å². The Labute approximate surface area is 152 Å². The van der Waals surface area contributed by atoms with Crippen molar-refractivity contribution >= 4 is 9.90 Å². The first-order valence-electron chi connectivity index (χ1n) is 7.30. The zero-order valence-corrected chi connectivity index (χ0v) is 15.5. The fourth-order valence-electron chi connectivity index (χ4n) is 2.79. The molecule has 3 rings (SSSR count). The van der Waals surface area contributed by atoms with Gasteiger partial charge in [0.15, 0.2) is 0 Å². The lowest BCUT2D eigenvalue weighted by Gasteiger charge is -2.31. The minimum Gasteiger partial charge on any atom is -0.183 e. The van der Waals surface area contributed by atoms with Crippen LogP contribution >= 0.6 is 9.90 Å². The molecule has 6 heteroatoms. The molecule has 0 aromatic heterocycles. The number of rotatable bonds is 5. The number of benzene rings is 3. The Bertz CT molecular complexity index is 680. The molecular formula is C19H18ClO4P. The first-order valence-corrected chi connectivity index (χ1v) is 8.54. The van der Waals surface area contributed by atoms with Crippen molar-refractivity contribution in [3.63, 3.8) is 0 Å². The van der Waals surface area contributed by atoms with Gasteiger partial charge in [-0.15, -0.1) is 0 Å². The van der Waals surface area contributed by atoms with E-state index in [0.717, 1.165) is 0 Å². The SMILES string of the molecule is P.[O-][Cl+3]([O-])([O-])OC(c1ccccc1)(c1ccccc1)c1ccccc1. The molecule has 0 aliphatic heterocycles. The molecule has 25 heavy (non-hydrogen) atoms. The molecule has 0 spiro atoms. The molecule has 1 atom stereocenters. The summed E-state index contributed by atoms with van der Waals surface area (Å²) in [6, 6.07) is 26.5. The minimum atomic E-state index is -4.67. The molecule has 0 N–H and O–H groups in total. The van der Waals surface area contributed by atoms with E-state index >= 15 is 0 Å². The summed E-state index contributed by atoms with van der Waals surface area (Å²) in [6.07, 6.45) is 0. The average molecular weight is 377 g/mol. The summed E-state index contributed by atoms with van der Waals surface area (Å²) in [4.78, 5) is 0. The normalized spacial score (nSPS) is 11.6. The summed E-state index contributed by atoms with van der Waals surface area (Å²) in [6.45, 7) is 0. The zero-order valence-electron chi connectivity index (χ0n) is 13.4. The third-order valence-electron chi connectivity index (χ3n) is 3.75. The Kier molecular flexibility index (Phi) is 6.31. The van der Waals surface area contributed by atoms with Crippen LogP contribution in [0.15, 0.2) is 91.0 Å². The Morgan fingerprint density at radius 1 is 0.560 bits per heavy atom. The van der Waals surface area contributed by atoms with Gasteiger partial charge in [-0.25, -0.2) is 0 Å². The van der Waals surface area contributed by atoms with Gasteiger partial charge in [0.2, 0.25) is 0 Å². The summed E-state index contributed by atoms with van der Waals surface area (Å²) >= 11 is 0. The van der Waals surface area contributed by atoms with Gasteiger partial charge in [0.25, 0.3) is 5.60 Å². The van der Waals surface area contributed by atoms with E-state index in [4.69, 9.17) is 4.29 Å². The van der Waals surface area contributed by atoms with Crippen molar-refractivity contribution in [3.8, 4) is 0 Å². The van der Waals surface area contributed by atoms with Gasteiger partial charge in [-0.3, -0.25) is 0 Å². The van der Waals surface area contributed by atoms with Crippen molar-refractivity contribution < 1.29 is 28.5 Å². The van der Waals surface area contributed by atoms with Gasteiger partial charge in [0.05, 0.1) is 14.5 Å². The summed E-state index contributed by atoms with van der Waals surface area (Å²) in [5.74, 6) is 0. The van der Waals surface area contributed by atoms with Crippen LogP contribution < -0.4 is 14.0 Å². The quantitative estimate of drug-likeness (QED) is 0.490. The third kappa shape index (κ3) is 4.25. The first-order chi connectivity index (χ1) is 11.5. The van der Waals surface area contributed by atoms with Crippen LogP contribution in [0.4, 0.5) is 0 Å². The molecule has 1 unspecified atom stereocenters. The first kappa shape index (κ1) is 19.5. The fourth-order valence-corrected chi connectivity index (χ4v) is 3.34. The van der Waals surface area contributed by atoms with Crippen molar-refractivity contribution in [3.05, 3.63) is 108 Å². The molecule has 0 heterocycles. The van der Waals surface area contributed by atoms with Crippen LogP contribution in [0, 0.1) is 10.2 Å². The average Bonchev–Trinajstić information content (AvgIpc) is 2.61. The molecule has 0 aliphatic carbocycles. The summed E-state index contributed by atoms with van der Waals surface area (Å²) < 4.78 is 39.9. The highest BCUT2D eigenvalue weighted by molar-refractivity contribution is 6.92. The molecule has 0 bridgehead atoms. The monoisotopic (exact) mass is 376 g/mol. The van der Waals surface area contributed by atoms with Crippen LogP contribution in [0.3, 0.4) is 0 Å². The Balaban J connectivity index is 0.00000225. The van der Waals surface area contributed by atoms with Crippen LogP contribution in [0.5, 0.6) is 0 Å². The van der Waals surface area contributed by atoms with Crippen molar-refractivity contribution in [2.75, 3.05) is 0 Å². The topological polar surface area (TPSA) is 78.4 Å². The summed E-state index contributed by atoms with van der Waals surface area (Å²) in [5.41, 5.74) is 0.101. The molecule has 0 radical (unpaired) electrons. The van der Waals surface area contributed by atoms with Crippen LogP contribution in [0.2, 0.25) is 0 Å². The maximum absolute atomic E-state index is 11.6. The molecule has 4 nitrogen and oxygen atoms in total. The van der Waals surface area contributed by atoms with Crippen LogP contribution in [-0.4, -0.2) is 0 Å². The van der Waals surface area contributed by atoms with Crippen molar-refractivity contribution in [2.24, 2.45) is 0 Å². The number of hydrogen-bond donors (Lipinski definition) is 0. The van der Waals surface area contributed by atoms with E-state index in [2.05, 4.69) is 0 Å². The van der Waals surface area contributed by atoms with Gasteiger partial charge in [-0.1, -0.05) is 91.0 Å². The van der Waals surface area contributed by atoms with Crippen molar-refractivity contribution in [1.29, 1.82) is 0 Å². The van der Waals surface area contributed by atoms with Gasteiger partial charge >= 0.3 is 0 Å². The van der Waals surface area contributed by atoms with E-state index in [1.807, 2.05) is 18.2 Å². The molecule has 130 valence electrons. The molecule has 0 fully saturated rings. The van der Waals surface area contributed by atoms with E-state index in [-0.39, 0.29) is 9.90 Å². The van der Waals surface area contributed by atoms with E-state index < -0.39 is 15.8 Å². The van der Waals surface area contributed by atoms with Crippen LogP contribution in [0.1, 0.15) is 16.7 Å². The van der Waals surface area contributed by atoms with Gasteiger partial charge in [-0.2, -0.15) is 23.9 Å². The third-order valence-corrected chi connectivity index (χ3v) is 4.17. The highest BCUT2D eigenvalue weighted by atomic mass is 35.7. The Hall–Kier alpha value is -1.78. The van der Waals surface area contributed by atoms with Gasteiger partial charge in [-0.05, 0) is 0 Å². The summed E-state index contributed by atoms with van der Waals surface area (Å²) in [7, 11) is -4.67. The van der Waals surface area contributed by atoms with Crippen molar-refractivity contribution in [2.45, 2.75) is 5.60 Å². The van der Waals surface area contributed by atoms with E-state index in [1.165, 1.54) is 0 Å². The van der Waals surface area contributed by atoms with E-state index in [9.17, 15) is 14.0 Å². The van der Waals surface area contributed by atoms with E-state index in [0.29, 0.717) is 16.7 Å². The highest BCUT2D eigenvalue weighted by Gasteiger charge is 2.51. The zero-order chi connectivity index (χ0) is 17.0. The molecular weight excluding hydrogens is 359 g/mol. The molecule has 0 saturated carbocycles. The Morgan fingerprint density at radius 3 is 1.08 bits per heavy atom. The Morgan fingerprint density at radius 2 is 0.840 bits per heavy atom. The largest absolute Gasteiger partial charge is 0.298 e. The van der Waals surface area contributed by atoms with E-state index in [1.54, 1.807) is 72.8 Å². The molecule has 0 aliphatic rings. The van der Waals surface area contributed by atoms with Crippen molar-refractivity contribution in [1.82, 2.24) is 0 Å². The molecule has 0 saturated heterocycles. The van der Waals surface area contributed by atoms with Gasteiger partial charge in [0.1, 0.15) is 0 Å². The highest BCUT2D eigenvalue weighted by Crippen LogP contribution is 2.41. The molecule has 3 aromatic carbocycles. The standard InChI is InChI=1S/C19H15ClO4.H3P/c21-20(22,23)24-19(16-10-4-1-5-11-16,17-12-6-2-7-13-17)18-14-8-3-9-15-18;/h1-15H;1H3. The number of hydrogen-bond acceptors (Lipinski definition) is 4. The molecule has 0 amide bonds. The van der Waals surface area contributed by atoms with Gasteiger partial charge < -0.3 is 0 Å². The van der Waals surface area contributed by atoms with Gasteiger partial charge in [0, 0.05) is 16.7 Å². The smallest absolute Gasteiger partial charge is 0.183 e. The lowest BCUT2D eigenvalue weighted by molar-refractivity contribution is -1.92. The lowest BCUT2D eigenvalue weighted by atomic mass is 9.80. The second-order valence-corrected chi connectivity index (χ2v) is 6.14. The maximum atomic E-state index is 11.6. The second kappa shape index (κ2) is 8.07. The summed E-state index contributed by atoms with van der Waals surface area (Å²) in [5, 5.41) is 0. The second-order valence-electron chi connectivity index (χ2n) is 5.23. The predicted molar refractivity (Wildman–Crippen MR) is 91.4 cm³/mol. The molecule has 3 aromatic rings. The fraction of sp³-hybridized carbons (Fsp3) is 0.0526. The lowest BCUT2D eigenvalue weighted by Crippen LogP contribution is -2.64. The number of halogens is 1.